The van der Waals surface area contributed by atoms with Gasteiger partial charge in [0.15, 0.2) is 17.3 Å². The van der Waals surface area contributed by atoms with Crippen molar-refractivity contribution in [2.24, 2.45) is 11.3 Å². The molecule has 2 heterocycles. The summed E-state index contributed by atoms with van der Waals surface area (Å²) in [6.07, 6.45) is 5.29. The molecule has 0 spiro atoms. The van der Waals surface area contributed by atoms with E-state index in [9.17, 15) is 4.79 Å². The Bertz CT molecular complexity index is 768. The van der Waals surface area contributed by atoms with Crippen LogP contribution in [0.5, 0.6) is 11.5 Å². The lowest BCUT2D eigenvalue weighted by Crippen LogP contribution is -2.40. The van der Waals surface area contributed by atoms with Gasteiger partial charge in [-0.1, -0.05) is 19.1 Å². The maximum absolute atomic E-state index is 12.3. The smallest absolute Gasteiger partial charge is 0.231 e. The minimum absolute atomic E-state index is 0.00928. The Morgan fingerprint density at radius 3 is 2.92 bits per heavy atom. The lowest BCUT2D eigenvalue weighted by Gasteiger charge is -2.37. The molecule has 0 amide bonds. The van der Waals surface area contributed by atoms with Gasteiger partial charge < -0.3 is 18.9 Å². The van der Waals surface area contributed by atoms with Crippen molar-refractivity contribution in [3.63, 3.8) is 0 Å². The fourth-order valence-corrected chi connectivity index (χ4v) is 4.43. The molecule has 0 aromatic heterocycles. The van der Waals surface area contributed by atoms with Gasteiger partial charge in [-0.2, -0.15) is 0 Å². The van der Waals surface area contributed by atoms with E-state index < -0.39 is 6.10 Å². The van der Waals surface area contributed by atoms with Crippen molar-refractivity contribution in [3.05, 3.63) is 48.3 Å². The van der Waals surface area contributed by atoms with Crippen LogP contribution in [0.1, 0.15) is 25.3 Å². The van der Waals surface area contributed by atoms with E-state index in [1.54, 1.807) is 13.2 Å². The zero-order chi connectivity index (χ0) is 18.3. The standard InChI is InChI=1S/C21H24O5/c1-4-7-21-11-19(23-3)15(22)10-20(21)26-17(13(21)2)8-14-5-6-16-18(9-14)25-12-24-16/h4-6,9-10,13,17,19H,1,7-8,11-12H2,2-3H3/t13-,17+,19-,21-/m1/s1. The third kappa shape index (κ3) is 2.62. The van der Waals surface area contributed by atoms with E-state index in [1.165, 1.54) is 0 Å². The van der Waals surface area contributed by atoms with Crippen LogP contribution in [-0.4, -0.2) is 31.9 Å². The predicted molar refractivity (Wildman–Crippen MR) is 96.1 cm³/mol. The lowest BCUT2D eigenvalue weighted by molar-refractivity contribution is -0.127. The zero-order valence-corrected chi connectivity index (χ0v) is 15.2. The molecule has 5 heteroatoms. The molecule has 1 saturated heterocycles. The van der Waals surface area contributed by atoms with Gasteiger partial charge in [0, 0.05) is 30.9 Å². The maximum Gasteiger partial charge on any atom is 0.231 e. The highest BCUT2D eigenvalue weighted by atomic mass is 16.7. The minimum atomic E-state index is -0.408. The van der Waals surface area contributed by atoms with E-state index in [0.717, 1.165) is 35.7 Å². The van der Waals surface area contributed by atoms with E-state index >= 15 is 0 Å². The summed E-state index contributed by atoms with van der Waals surface area (Å²) in [4.78, 5) is 12.3. The number of ketones is 1. The number of carbonyl (C=O) groups excluding carboxylic acids is 1. The molecule has 26 heavy (non-hydrogen) atoms. The van der Waals surface area contributed by atoms with Crippen LogP contribution in [0.4, 0.5) is 0 Å². The van der Waals surface area contributed by atoms with E-state index in [-0.39, 0.29) is 30.0 Å². The van der Waals surface area contributed by atoms with Crippen LogP contribution in [0.3, 0.4) is 0 Å². The molecule has 1 fully saturated rings. The van der Waals surface area contributed by atoms with Gasteiger partial charge in [-0.05, 0) is 30.5 Å². The minimum Gasteiger partial charge on any atom is -0.493 e. The summed E-state index contributed by atoms with van der Waals surface area (Å²) in [6.45, 7) is 6.39. The summed E-state index contributed by atoms with van der Waals surface area (Å²) in [5.74, 6) is 2.57. The number of hydrogen-bond acceptors (Lipinski definition) is 5. The Balaban J connectivity index is 1.61. The van der Waals surface area contributed by atoms with Crippen molar-refractivity contribution in [2.75, 3.05) is 13.9 Å². The molecule has 0 unspecified atom stereocenters. The molecule has 4 rings (SSSR count). The van der Waals surface area contributed by atoms with Crippen LogP contribution < -0.4 is 9.47 Å². The van der Waals surface area contributed by atoms with Crippen LogP contribution in [-0.2, 0) is 20.7 Å². The van der Waals surface area contributed by atoms with Gasteiger partial charge in [0.05, 0.1) is 0 Å². The Morgan fingerprint density at radius 2 is 2.15 bits per heavy atom. The molecular weight excluding hydrogens is 332 g/mol. The fourth-order valence-electron chi connectivity index (χ4n) is 4.43. The normalized spacial score (nSPS) is 32.0. The number of benzene rings is 1. The molecule has 0 radical (unpaired) electrons. The number of methoxy groups -OCH3 is 1. The summed E-state index contributed by atoms with van der Waals surface area (Å²) in [7, 11) is 1.59. The molecule has 1 aliphatic carbocycles. The summed E-state index contributed by atoms with van der Waals surface area (Å²) < 4.78 is 22.6. The van der Waals surface area contributed by atoms with Gasteiger partial charge in [-0.3, -0.25) is 4.79 Å². The van der Waals surface area contributed by atoms with Crippen LogP contribution in [0, 0.1) is 11.3 Å². The Kier molecular flexibility index (Phi) is 4.27. The predicted octanol–water partition coefficient (Wildman–Crippen LogP) is 3.43. The number of carbonyl (C=O) groups is 1. The van der Waals surface area contributed by atoms with Crippen LogP contribution >= 0.6 is 0 Å². The van der Waals surface area contributed by atoms with E-state index in [1.807, 2.05) is 24.3 Å². The first-order chi connectivity index (χ1) is 12.6. The highest BCUT2D eigenvalue weighted by molar-refractivity contribution is 5.95. The summed E-state index contributed by atoms with van der Waals surface area (Å²) in [5, 5.41) is 0. The topological polar surface area (TPSA) is 54.0 Å². The third-order valence-corrected chi connectivity index (χ3v) is 6.01. The molecule has 2 aliphatic heterocycles. The van der Waals surface area contributed by atoms with Crippen molar-refractivity contribution >= 4 is 5.78 Å². The Hall–Kier alpha value is -2.27. The average molecular weight is 356 g/mol. The van der Waals surface area contributed by atoms with E-state index in [0.29, 0.717) is 6.42 Å². The second-order valence-corrected chi connectivity index (χ2v) is 7.33. The number of allylic oxidation sites excluding steroid dienone is 2. The van der Waals surface area contributed by atoms with E-state index in [2.05, 4.69) is 13.5 Å². The first-order valence-corrected chi connectivity index (χ1v) is 9.02. The second-order valence-electron chi connectivity index (χ2n) is 7.33. The molecule has 1 aromatic carbocycles. The zero-order valence-electron chi connectivity index (χ0n) is 15.2. The first kappa shape index (κ1) is 17.2. The fraction of sp³-hybridized carbons (Fsp3) is 0.476. The maximum atomic E-state index is 12.3. The lowest BCUT2D eigenvalue weighted by atomic mass is 9.65. The van der Waals surface area contributed by atoms with Gasteiger partial charge >= 0.3 is 0 Å². The van der Waals surface area contributed by atoms with Gasteiger partial charge in [0.25, 0.3) is 0 Å². The monoisotopic (exact) mass is 356 g/mol. The quantitative estimate of drug-likeness (QED) is 0.757. The van der Waals surface area contributed by atoms with Gasteiger partial charge in [0.2, 0.25) is 6.79 Å². The molecule has 138 valence electrons. The largest absolute Gasteiger partial charge is 0.493 e. The van der Waals surface area contributed by atoms with Crippen LogP contribution in [0.15, 0.2) is 42.7 Å². The molecule has 0 saturated carbocycles. The summed E-state index contributed by atoms with van der Waals surface area (Å²) in [5.41, 5.74) is 0.908. The van der Waals surface area contributed by atoms with Crippen molar-refractivity contribution in [1.82, 2.24) is 0 Å². The van der Waals surface area contributed by atoms with Gasteiger partial charge in [0.1, 0.15) is 18.0 Å². The molecule has 5 nitrogen and oxygen atoms in total. The number of fused-ring (bicyclic) bond motifs is 2. The van der Waals surface area contributed by atoms with Crippen molar-refractivity contribution in [3.8, 4) is 11.5 Å². The summed E-state index contributed by atoms with van der Waals surface area (Å²) >= 11 is 0. The van der Waals surface area contributed by atoms with Gasteiger partial charge in [-0.15, -0.1) is 6.58 Å². The SMILES string of the molecule is C=CC[C@]12C[C@@H](OC)C(=O)C=C1O[C@@H](Cc1ccc3c(c1)OCO3)[C@H]2C. The number of hydrogen-bond donors (Lipinski definition) is 0. The third-order valence-electron chi connectivity index (χ3n) is 6.01. The molecule has 0 bridgehead atoms. The number of ether oxygens (including phenoxy) is 4. The molecule has 4 atom stereocenters. The average Bonchev–Trinajstić information content (AvgIpc) is 3.19. The van der Waals surface area contributed by atoms with Crippen LogP contribution in [0.2, 0.25) is 0 Å². The van der Waals surface area contributed by atoms with Gasteiger partial charge in [-0.25, -0.2) is 0 Å². The molecule has 0 N–H and O–H groups in total. The molecule has 3 aliphatic rings. The summed E-state index contributed by atoms with van der Waals surface area (Å²) in [6, 6.07) is 5.99. The van der Waals surface area contributed by atoms with Crippen molar-refractivity contribution in [2.45, 2.75) is 38.4 Å². The second kappa shape index (κ2) is 6.47. The Morgan fingerprint density at radius 1 is 1.35 bits per heavy atom. The van der Waals surface area contributed by atoms with E-state index in [4.69, 9.17) is 18.9 Å². The van der Waals surface area contributed by atoms with Crippen LogP contribution in [0.25, 0.3) is 0 Å². The van der Waals surface area contributed by atoms with Crippen molar-refractivity contribution in [1.29, 1.82) is 0 Å². The highest BCUT2D eigenvalue weighted by Crippen LogP contribution is 2.55. The Labute approximate surface area is 153 Å². The van der Waals surface area contributed by atoms with Crippen molar-refractivity contribution < 1.29 is 23.7 Å². The number of rotatable bonds is 5. The first-order valence-electron chi connectivity index (χ1n) is 9.02. The molecular formula is C21H24O5. The molecule has 1 aromatic rings. The highest BCUT2D eigenvalue weighted by Gasteiger charge is 2.54.